The van der Waals surface area contributed by atoms with Crippen LogP contribution in [0.2, 0.25) is 0 Å². The van der Waals surface area contributed by atoms with Crippen molar-refractivity contribution in [2.24, 2.45) is 11.7 Å². The van der Waals surface area contributed by atoms with Gasteiger partial charge in [0.15, 0.2) is 0 Å². The normalized spacial score (nSPS) is 18.2. The molecule has 1 aliphatic rings. The predicted octanol–water partition coefficient (Wildman–Crippen LogP) is 1.59. The summed E-state index contributed by atoms with van der Waals surface area (Å²) in [5, 5.41) is 13.0. The van der Waals surface area contributed by atoms with Crippen molar-refractivity contribution in [2.45, 2.75) is 38.8 Å². The second kappa shape index (κ2) is 5.08. The SMILES string of the molecule is CC(C)C(N)C(O)c1ccc2c(c1)CCC(=O)N2. The number of carbonyl (C=O) groups is 1. The van der Waals surface area contributed by atoms with E-state index >= 15 is 0 Å². The summed E-state index contributed by atoms with van der Waals surface area (Å²) in [6.07, 6.45) is 0.564. The van der Waals surface area contributed by atoms with Crippen LogP contribution < -0.4 is 11.1 Å². The largest absolute Gasteiger partial charge is 0.387 e. The number of aryl methyl sites for hydroxylation is 1. The van der Waals surface area contributed by atoms with Gasteiger partial charge in [0.25, 0.3) is 0 Å². The fourth-order valence-corrected chi connectivity index (χ4v) is 2.17. The van der Waals surface area contributed by atoms with Crippen LogP contribution in [-0.2, 0) is 11.2 Å². The van der Waals surface area contributed by atoms with Gasteiger partial charge in [0.2, 0.25) is 5.91 Å². The Balaban J connectivity index is 2.23. The van der Waals surface area contributed by atoms with Gasteiger partial charge in [0, 0.05) is 18.2 Å². The lowest BCUT2D eigenvalue weighted by molar-refractivity contribution is -0.116. The number of aliphatic hydroxyl groups excluding tert-OH is 1. The van der Waals surface area contributed by atoms with E-state index < -0.39 is 6.10 Å². The lowest BCUT2D eigenvalue weighted by Gasteiger charge is -2.24. The predicted molar refractivity (Wildman–Crippen MR) is 71.2 cm³/mol. The Bertz CT molecular complexity index is 457. The number of benzene rings is 1. The third kappa shape index (κ3) is 2.54. The number of anilines is 1. The average molecular weight is 248 g/mol. The van der Waals surface area contributed by atoms with Crippen LogP contribution in [0.1, 0.15) is 37.5 Å². The van der Waals surface area contributed by atoms with E-state index in [0.717, 1.165) is 23.2 Å². The molecule has 2 rings (SSSR count). The number of aliphatic hydroxyl groups is 1. The summed E-state index contributed by atoms with van der Waals surface area (Å²) < 4.78 is 0. The molecular weight excluding hydrogens is 228 g/mol. The molecule has 0 spiro atoms. The molecule has 0 aliphatic carbocycles. The number of fused-ring (bicyclic) bond motifs is 1. The Morgan fingerprint density at radius 3 is 2.72 bits per heavy atom. The molecule has 0 bridgehead atoms. The first kappa shape index (κ1) is 13.1. The van der Waals surface area contributed by atoms with E-state index in [-0.39, 0.29) is 17.9 Å². The van der Waals surface area contributed by atoms with Crippen molar-refractivity contribution in [3.05, 3.63) is 29.3 Å². The van der Waals surface area contributed by atoms with E-state index in [1.165, 1.54) is 0 Å². The third-order valence-corrected chi connectivity index (χ3v) is 3.50. The van der Waals surface area contributed by atoms with E-state index in [2.05, 4.69) is 5.32 Å². The van der Waals surface area contributed by atoms with Crippen LogP contribution in [0.3, 0.4) is 0 Å². The minimum Gasteiger partial charge on any atom is -0.387 e. The summed E-state index contributed by atoms with van der Waals surface area (Å²) in [6, 6.07) is 5.35. The highest BCUT2D eigenvalue weighted by atomic mass is 16.3. The molecule has 1 aliphatic heterocycles. The molecule has 0 aromatic heterocycles. The lowest BCUT2D eigenvalue weighted by atomic mass is 9.91. The van der Waals surface area contributed by atoms with Crippen molar-refractivity contribution in [3.8, 4) is 0 Å². The van der Waals surface area contributed by atoms with Crippen molar-refractivity contribution in [1.82, 2.24) is 0 Å². The van der Waals surface area contributed by atoms with E-state index in [4.69, 9.17) is 5.73 Å². The van der Waals surface area contributed by atoms with Crippen molar-refractivity contribution in [1.29, 1.82) is 0 Å². The Labute approximate surface area is 107 Å². The van der Waals surface area contributed by atoms with Gasteiger partial charge >= 0.3 is 0 Å². The minimum atomic E-state index is -0.659. The van der Waals surface area contributed by atoms with Gasteiger partial charge in [0.05, 0.1) is 6.10 Å². The summed E-state index contributed by atoms with van der Waals surface area (Å²) in [4.78, 5) is 11.3. The van der Waals surface area contributed by atoms with Crippen LogP contribution in [0.5, 0.6) is 0 Å². The number of hydrogen-bond donors (Lipinski definition) is 3. The first-order chi connectivity index (χ1) is 8.49. The molecule has 1 heterocycles. The fraction of sp³-hybridized carbons (Fsp3) is 0.500. The van der Waals surface area contributed by atoms with Crippen LogP contribution in [0.25, 0.3) is 0 Å². The van der Waals surface area contributed by atoms with Crippen molar-refractivity contribution in [3.63, 3.8) is 0 Å². The van der Waals surface area contributed by atoms with E-state index in [1.54, 1.807) is 0 Å². The monoisotopic (exact) mass is 248 g/mol. The molecule has 1 aromatic carbocycles. The van der Waals surface area contributed by atoms with Gasteiger partial charge < -0.3 is 16.2 Å². The van der Waals surface area contributed by atoms with Gasteiger partial charge in [0.1, 0.15) is 0 Å². The smallest absolute Gasteiger partial charge is 0.224 e. The topological polar surface area (TPSA) is 75.3 Å². The second-order valence-electron chi connectivity index (χ2n) is 5.23. The zero-order valence-electron chi connectivity index (χ0n) is 10.8. The molecule has 2 unspecified atom stereocenters. The maximum absolute atomic E-state index is 11.3. The highest BCUT2D eigenvalue weighted by Gasteiger charge is 2.22. The highest BCUT2D eigenvalue weighted by Crippen LogP contribution is 2.28. The fourth-order valence-electron chi connectivity index (χ4n) is 2.17. The summed E-state index contributed by atoms with van der Waals surface area (Å²) in [5.41, 5.74) is 8.71. The van der Waals surface area contributed by atoms with Gasteiger partial charge in [-0.05, 0) is 29.5 Å². The number of carbonyl (C=O) groups excluding carboxylic acids is 1. The van der Waals surface area contributed by atoms with Gasteiger partial charge in [-0.3, -0.25) is 4.79 Å². The number of nitrogens with two attached hydrogens (primary N) is 1. The molecule has 0 fully saturated rings. The van der Waals surface area contributed by atoms with Crippen LogP contribution >= 0.6 is 0 Å². The molecule has 0 saturated carbocycles. The molecule has 2 atom stereocenters. The first-order valence-electron chi connectivity index (χ1n) is 6.35. The van der Waals surface area contributed by atoms with Gasteiger partial charge in [-0.1, -0.05) is 26.0 Å². The highest BCUT2D eigenvalue weighted by molar-refractivity contribution is 5.93. The summed E-state index contributed by atoms with van der Waals surface area (Å²) in [6.45, 7) is 3.99. The molecule has 98 valence electrons. The Hall–Kier alpha value is -1.39. The zero-order valence-corrected chi connectivity index (χ0v) is 10.8. The Morgan fingerprint density at radius 2 is 2.06 bits per heavy atom. The van der Waals surface area contributed by atoms with E-state index in [1.807, 2.05) is 32.0 Å². The number of hydrogen-bond acceptors (Lipinski definition) is 3. The summed E-state index contributed by atoms with van der Waals surface area (Å²) in [7, 11) is 0. The van der Waals surface area contributed by atoms with Crippen molar-refractivity contribution >= 4 is 11.6 Å². The Kier molecular flexibility index (Phi) is 3.68. The van der Waals surface area contributed by atoms with E-state index in [0.29, 0.717) is 6.42 Å². The van der Waals surface area contributed by atoms with Crippen LogP contribution in [-0.4, -0.2) is 17.1 Å². The first-order valence-corrected chi connectivity index (χ1v) is 6.35. The van der Waals surface area contributed by atoms with Gasteiger partial charge in [-0.2, -0.15) is 0 Å². The van der Waals surface area contributed by atoms with Crippen molar-refractivity contribution < 1.29 is 9.90 Å². The summed E-state index contributed by atoms with van der Waals surface area (Å²) >= 11 is 0. The maximum Gasteiger partial charge on any atom is 0.224 e. The zero-order chi connectivity index (χ0) is 13.3. The van der Waals surface area contributed by atoms with Crippen molar-refractivity contribution in [2.75, 3.05) is 5.32 Å². The van der Waals surface area contributed by atoms with Gasteiger partial charge in [-0.25, -0.2) is 0 Å². The molecule has 0 saturated heterocycles. The van der Waals surface area contributed by atoms with E-state index in [9.17, 15) is 9.90 Å². The molecular formula is C14H20N2O2. The number of rotatable bonds is 3. The number of nitrogens with one attached hydrogen (secondary N) is 1. The quantitative estimate of drug-likeness (QED) is 0.760. The molecule has 1 aromatic rings. The molecule has 1 amide bonds. The molecule has 18 heavy (non-hydrogen) atoms. The van der Waals surface area contributed by atoms with Crippen LogP contribution in [0, 0.1) is 5.92 Å². The summed E-state index contributed by atoms with van der Waals surface area (Å²) in [5.74, 6) is 0.269. The minimum absolute atomic E-state index is 0.0506. The molecule has 4 heteroatoms. The number of amides is 1. The molecule has 0 radical (unpaired) electrons. The third-order valence-electron chi connectivity index (χ3n) is 3.50. The van der Waals surface area contributed by atoms with Crippen LogP contribution in [0.4, 0.5) is 5.69 Å². The van der Waals surface area contributed by atoms with Crippen LogP contribution in [0.15, 0.2) is 18.2 Å². The lowest BCUT2D eigenvalue weighted by Crippen LogP contribution is -2.33. The van der Waals surface area contributed by atoms with Gasteiger partial charge in [-0.15, -0.1) is 0 Å². The standard InChI is InChI=1S/C14H20N2O2/c1-8(2)13(15)14(18)10-3-5-11-9(7-10)4-6-12(17)16-11/h3,5,7-8,13-14,18H,4,6,15H2,1-2H3,(H,16,17). The molecule has 4 N–H and O–H groups in total. The second-order valence-corrected chi connectivity index (χ2v) is 5.23. The maximum atomic E-state index is 11.3. The average Bonchev–Trinajstić information content (AvgIpc) is 2.36. The molecule has 4 nitrogen and oxygen atoms in total. The Morgan fingerprint density at radius 1 is 1.33 bits per heavy atom.